The Morgan fingerprint density at radius 1 is 1.08 bits per heavy atom. The molecule has 136 valence electrons. The first-order chi connectivity index (χ1) is 12.7. The van der Waals surface area contributed by atoms with Gasteiger partial charge in [-0.05, 0) is 23.8 Å². The maximum absolute atomic E-state index is 12.7. The maximum Gasteiger partial charge on any atom is 0.224 e. The molecular weight excluding hydrogens is 324 g/mol. The van der Waals surface area contributed by atoms with Gasteiger partial charge in [0.05, 0.1) is 0 Å². The molecule has 0 spiro atoms. The highest BCUT2D eigenvalue weighted by Crippen LogP contribution is 2.35. The van der Waals surface area contributed by atoms with Crippen molar-refractivity contribution < 1.29 is 4.79 Å². The highest BCUT2D eigenvalue weighted by molar-refractivity contribution is 5.77. The van der Waals surface area contributed by atoms with Crippen LogP contribution in [0.2, 0.25) is 0 Å². The quantitative estimate of drug-likeness (QED) is 0.850. The van der Waals surface area contributed by atoms with Crippen LogP contribution in [0.15, 0.2) is 48.7 Å². The molecule has 5 nitrogen and oxygen atoms in total. The van der Waals surface area contributed by atoms with E-state index in [4.69, 9.17) is 0 Å². The topological polar surface area (TPSA) is 39.7 Å². The van der Waals surface area contributed by atoms with E-state index in [0.717, 1.165) is 45.1 Å². The van der Waals surface area contributed by atoms with Crippen molar-refractivity contribution in [3.05, 3.63) is 54.2 Å². The summed E-state index contributed by atoms with van der Waals surface area (Å²) in [5, 5.41) is 0. The van der Waals surface area contributed by atoms with Crippen LogP contribution in [0, 0.1) is 0 Å². The van der Waals surface area contributed by atoms with E-state index in [1.807, 2.05) is 29.3 Å². The van der Waals surface area contributed by atoms with Crippen molar-refractivity contribution in [1.29, 1.82) is 0 Å². The molecule has 1 aromatic carbocycles. The SMILES string of the molecule is CC1CN(CCC(=O)N2CCN(c3ccccn3)CC2)c2ccccc21. The van der Waals surface area contributed by atoms with Gasteiger partial charge in [-0.2, -0.15) is 0 Å². The van der Waals surface area contributed by atoms with Crippen LogP contribution in [-0.2, 0) is 4.79 Å². The molecule has 0 aliphatic carbocycles. The third-order valence-corrected chi connectivity index (χ3v) is 5.50. The first-order valence-electron chi connectivity index (χ1n) is 9.50. The van der Waals surface area contributed by atoms with Crippen molar-refractivity contribution in [3.8, 4) is 0 Å². The number of nitrogens with zero attached hydrogens (tertiary/aromatic N) is 4. The molecule has 5 heteroatoms. The van der Waals surface area contributed by atoms with Crippen LogP contribution in [0.5, 0.6) is 0 Å². The van der Waals surface area contributed by atoms with E-state index in [9.17, 15) is 4.79 Å². The molecule has 26 heavy (non-hydrogen) atoms. The summed E-state index contributed by atoms with van der Waals surface area (Å²) in [5.74, 6) is 1.81. The van der Waals surface area contributed by atoms with Crippen LogP contribution in [0.4, 0.5) is 11.5 Å². The van der Waals surface area contributed by atoms with Crippen molar-refractivity contribution in [2.24, 2.45) is 0 Å². The second kappa shape index (κ2) is 7.36. The van der Waals surface area contributed by atoms with Gasteiger partial charge in [0.25, 0.3) is 0 Å². The molecule has 1 atom stereocenters. The summed E-state index contributed by atoms with van der Waals surface area (Å²) in [5.41, 5.74) is 2.71. The molecule has 1 saturated heterocycles. The van der Waals surface area contributed by atoms with Crippen molar-refractivity contribution in [3.63, 3.8) is 0 Å². The average molecular weight is 350 g/mol. The van der Waals surface area contributed by atoms with Crippen LogP contribution in [0.1, 0.15) is 24.8 Å². The van der Waals surface area contributed by atoms with Gasteiger partial charge in [0.2, 0.25) is 5.91 Å². The number of piperazine rings is 1. The standard InChI is InChI=1S/C21H26N4O/c1-17-16-25(19-7-3-2-6-18(17)19)11-9-21(26)24-14-12-23(13-15-24)20-8-4-5-10-22-20/h2-8,10,17H,9,11-16H2,1H3. The summed E-state index contributed by atoms with van der Waals surface area (Å²) < 4.78 is 0. The lowest BCUT2D eigenvalue weighted by atomic mass is 10.0. The van der Waals surface area contributed by atoms with E-state index < -0.39 is 0 Å². The van der Waals surface area contributed by atoms with Crippen molar-refractivity contribution in [1.82, 2.24) is 9.88 Å². The zero-order chi connectivity index (χ0) is 17.9. The largest absolute Gasteiger partial charge is 0.370 e. The number of aromatic nitrogens is 1. The van der Waals surface area contributed by atoms with Gasteiger partial charge in [0.15, 0.2) is 0 Å². The van der Waals surface area contributed by atoms with Gasteiger partial charge in [-0.1, -0.05) is 31.2 Å². The van der Waals surface area contributed by atoms with Crippen LogP contribution < -0.4 is 9.80 Å². The van der Waals surface area contributed by atoms with Crippen LogP contribution in [0.3, 0.4) is 0 Å². The Morgan fingerprint density at radius 2 is 1.85 bits per heavy atom. The fourth-order valence-corrected chi connectivity index (χ4v) is 4.05. The number of pyridine rings is 1. The number of anilines is 2. The number of carbonyl (C=O) groups excluding carboxylic acids is 1. The molecule has 0 radical (unpaired) electrons. The fourth-order valence-electron chi connectivity index (χ4n) is 4.05. The zero-order valence-electron chi connectivity index (χ0n) is 15.3. The Kier molecular flexibility index (Phi) is 4.78. The normalized spacial score (nSPS) is 19.6. The molecule has 2 aliphatic rings. The number of carbonyl (C=O) groups is 1. The zero-order valence-corrected chi connectivity index (χ0v) is 15.3. The van der Waals surface area contributed by atoms with Gasteiger partial charge in [-0.15, -0.1) is 0 Å². The molecule has 4 rings (SSSR count). The molecule has 2 aromatic rings. The minimum atomic E-state index is 0.266. The number of para-hydroxylation sites is 1. The van der Waals surface area contributed by atoms with Crippen LogP contribution in [0.25, 0.3) is 0 Å². The summed E-state index contributed by atoms with van der Waals surface area (Å²) in [6, 6.07) is 14.5. The summed E-state index contributed by atoms with van der Waals surface area (Å²) in [4.78, 5) is 23.7. The summed E-state index contributed by atoms with van der Waals surface area (Å²) >= 11 is 0. The van der Waals surface area contributed by atoms with Crippen molar-refractivity contribution in [2.75, 3.05) is 49.1 Å². The molecule has 3 heterocycles. The molecule has 0 saturated carbocycles. The third-order valence-electron chi connectivity index (χ3n) is 5.50. The van der Waals surface area contributed by atoms with E-state index in [0.29, 0.717) is 12.3 Å². The Hall–Kier alpha value is -2.56. The predicted octanol–water partition coefficient (Wildman–Crippen LogP) is 2.74. The second-order valence-electron chi connectivity index (χ2n) is 7.21. The Bertz CT molecular complexity index is 756. The fraction of sp³-hybridized carbons (Fsp3) is 0.429. The number of hydrogen-bond acceptors (Lipinski definition) is 4. The van der Waals surface area contributed by atoms with Crippen molar-refractivity contribution >= 4 is 17.4 Å². The smallest absolute Gasteiger partial charge is 0.224 e. The summed E-state index contributed by atoms with van der Waals surface area (Å²) in [7, 11) is 0. The molecule has 0 bridgehead atoms. The van der Waals surface area contributed by atoms with E-state index >= 15 is 0 Å². The summed E-state index contributed by atoms with van der Waals surface area (Å²) in [6.07, 6.45) is 2.41. The molecule has 1 unspecified atom stereocenters. The average Bonchev–Trinajstić information content (AvgIpc) is 3.03. The first-order valence-corrected chi connectivity index (χ1v) is 9.50. The maximum atomic E-state index is 12.7. The molecule has 2 aliphatic heterocycles. The number of amides is 1. The van der Waals surface area contributed by atoms with Gasteiger partial charge < -0.3 is 14.7 Å². The van der Waals surface area contributed by atoms with E-state index in [1.165, 1.54) is 11.3 Å². The number of benzene rings is 1. The minimum absolute atomic E-state index is 0.266. The highest BCUT2D eigenvalue weighted by atomic mass is 16.2. The van der Waals surface area contributed by atoms with Gasteiger partial charge in [0.1, 0.15) is 5.82 Å². The Morgan fingerprint density at radius 3 is 2.62 bits per heavy atom. The van der Waals surface area contributed by atoms with Crippen LogP contribution in [-0.4, -0.2) is 55.1 Å². The van der Waals surface area contributed by atoms with Gasteiger partial charge >= 0.3 is 0 Å². The lowest BCUT2D eigenvalue weighted by Crippen LogP contribution is -2.49. The number of fused-ring (bicyclic) bond motifs is 1. The minimum Gasteiger partial charge on any atom is -0.370 e. The van der Waals surface area contributed by atoms with E-state index in [1.54, 1.807) is 0 Å². The molecule has 1 amide bonds. The molecule has 1 fully saturated rings. The van der Waals surface area contributed by atoms with Gasteiger partial charge in [-0.25, -0.2) is 4.98 Å². The Balaban J connectivity index is 1.29. The third kappa shape index (κ3) is 3.39. The highest BCUT2D eigenvalue weighted by Gasteiger charge is 2.26. The summed E-state index contributed by atoms with van der Waals surface area (Å²) in [6.45, 7) is 7.35. The van der Waals surface area contributed by atoms with E-state index in [-0.39, 0.29) is 5.91 Å². The van der Waals surface area contributed by atoms with Gasteiger partial charge in [-0.3, -0.25) is 4.79 Å². The van der Waals surface area contributed by atoms with Crippen molar-refractivity contribution in [2.45, 2.75) is 19.3 Å². The second-order valence-corrected chi connectivity index (χ2v) is 7.21. The lowest BCUT2D eigenvalue weighted by Gasteiger charge is -2.35. The van der Waals surface area contributed by atoms with E-state index in [2.05, 4.69) is 46.0 Å². The molecule has 1 aromatic heterocycles. The first kappa shape index (κ1) is 16.9. The predicted molar refractivity (Wildman–Crippen MR) is 105 cm³/mol. The van der Waals surface area contributed by atoms with Crippen LogP contribution >= 0.6 is 0 Å². The molecular formula is C21H26N4O. The molecule has 0 N–H and O–H groups in total. The monoisotopic (exact) mass is 350 g/mol. The Labute approximate surface area is 155 Å². The van der Waals surface area contributed by atoms with Gasteiger partial charge in [0, 0.05) is 63.5 Å². The number of hydrogen-bond donors (Lipinski definition) is 0. The lowest BCUT2D eigenvalue weighted by molar-refractivity contribution is -0.131. The number of rotatable bonds is 4.